The number of hydrogen-bond donors (Lipinski definition) is 1. The molecule has 3 rings (SSSR count). The van der Waals surface area contributed by atoms with Gasteiger partial charge in [0.25, 0.3) is 0 Å². The number of thiazole rings is 1. The molecule has 2 nitrogen and oxygen atoms in total. The van der Waals surface area contributed by atoms with Crippen molar-refractivity contribution in [2.75, 3.05) is 6.54 Å². The van der Waals surface area contributed by atoms with Crippen LogP contribution in [-0.2, 0) is 0 Å². The van der Waals surface area contributed by atoms with Crippen LogP contribution in [0.3, 0.4) is 0 Å². The summed E-state index contributed by atoms with van der Waals surface area (Å²) in [5.74, 6) is -0.210. The van der Waals surface area contributed by atoms with Crippen LogP contribution >= 0.6 is 11.3 Å². The Morgan fingerprint density at radius 3 is 3.06 bits per heavy atom. The fourth-order valence-electron chi connectivity index (χ4n) is 2.29. The smallest absolute Gasteiger partial charge is 0.123 e. The highest BCUT2D eigenvalue weighted by Gasteiger charge is 2.18. The van der Waals surface area contributed by atoms with Gasteiger partial charge in [-0.05, 0) is 31.5 Å². The molecule has 1 N–H and O–H groups in total. The van der Waals surface area contributed by atoms with E-state index in [9.17, 15) is 4.39 Å². The molecule has 1 saturated heterocycles. The maximum atomic E-state index is 13.2. The normalized spacial score (nSPS) is 19.9. The first-order valence-electron chi connectivity index (χ1n) is 6.28. The lowest BCUT2D eigenvalue weighted by Gasteiger charge is -2.21. The number of halogens is 1. The van der Waals surface area contributed by atoms with Gasteiger partial charge in [0.1, 0.15) is 10.8 Å². The maximum Gasteiger partial charge on any atom is 0.123 e. The number of piperidine rings is 1. The molecular weight excluding hydrogens is 247 g/mol. The third-order valence-electron chi connectivity index (χ3n) is 3.25. The molecule has 1 aliphatic heterocycles. The SMILES string of the molecule is Fc1cccc(-c2csc(C3CCCCN3)n2)c1. The largest absolute Gasteiger partial charge is 0.308 e. The summed E-state index contributed by atoms with van der Waals surface area (Å²) < 4.78 is 13.2. The van der Waals surface area contributed by atoms with Gasteiger partial charge in [0.2, 0.25) is 0 Å². The lowest BCUT2D eigenvalue weighted by atomic mass is 10.1. The molecule has 0 radical (unpaired) electrons. The van der Waals surface area contributed by atoms with E-state index < -0.39 is 0 Å². The number of nitrogens with one attached hydrogen (secondary N) is 1. The molecule has 1 unspecified atom stereocenters. The number of aromatic nitrogens is 1. The van der Waals surface area contributed by atoms with Gasteiger partial charge in [-0.1, -0.05) is 18.6 Å². The van der Waals surface area contributed by atoms with Gasteiger partial charge in [0.15, 0.2) is 0 Å². The van der Waals surface area contributed by atoms with E-state index in [4.69, 9.17) is 0 Å². The number of rotatable bonds is 2. The average molecular weight is 262 g/mol. The highest BCUT2D eigenvalue weighted by molar-refractivity contribution is 7.10. The van der Waals surface area contributed by atoms with Crippen LogP contribution in [0.5, 0.6) is 0 Å². The van der Waals surface area contributed by atoms with Crippen molar-refractivity contribution in [3.8, 4) is 11.3 Å². The molecule has 1 aromatic heterocycles. The quantitative estimate of drug-likeness (QED) is 0.891. The van der Waals surface area contributed by atoms with Crippen LogP contribution < -0.4 is 5.32 Å². The second-order valence-electron chi connectivity index (χ2n) is 4.58. The minimum absolute atomic E-state index is 0.210. The number of hydrogen-bond acceptors (Lipinski definition) is 3. The van der Waals surface area contributed by atoms with E-state index in [2.05, 4.69) is 10.3 Å². The summed E-state index contributed by atoms with van der Waals surface area (Å²) in [4.78, 5) is 4.63. The fourth-order valence-corrected chi connectivity index (χ4v) is 3.23. The second kappa shape index (κ2) is 5.16. The molecule has 1 fully saturated rings. The van der Waals surface area contributed by atoms with Crippen molar-refractivity contribution in [1.82, 2.24) is 10.3 Å². The third-order valence-corrected chi connectivity index (χ3v) is 4.21. The Bertz CT molecular complexity index is 532. The summed E-state index contributed by atoms with van der Waals surface area (Å²) in [7, 11) is 0. The Labute approximate surface area is 110 Å². The van der Waals surface area contributed by atoms with Crippen molar-refractivity contribution < 1.29 is 4.39 Å². The minimum atomic E-state index is -0.210. The van der Waals surface area contributed by atoms with E-state index in [0.29, 0.717) is 6.04 Å². The highest BCUT2D eigenvalue weighted by atomic mass is 32.1. The van der Waals surface area contributed by atoms with E-state index >= 15 is 0 Å². The van der Waals surface area contributed by atoms with Gasteiger partial charge in [-0.3, -0.25) is 0 Å². The summed E-state index contributed by atoms with van der Waals surface area (Å²) in [5, 5.41) is 6.62. The summed E-state index contributed by atoms with van der Waals surface area (Å²) in [5.41, 5.74) is 1.73. The van der Waals surface area contributed by atoms with Gasteiger partial charge < -0.3 is 5.32 Å². The molecule has 1 aromatic carbocycles. The molecule has 0 aliphatic carbocycles. The molecule has 0 bridgehead atoms. The molecule has 18 heavy (non-hydrogen) atoms. The van der Waals surface area contributed by atoms with Crippen molar-refractivity contribution in [2.24, 2.45) is 0 Å². The van der Waals surface area contributed by atoms with Crippen LogP contribution in [0.25, 0.3) is 11.3 Å². The minimum Gasteiger partial charge on any atom is -0.308 e. The first kappa shape index (κ1) is 11.8. The Hall–Kier alpha value is -1.26. The zero-order valence-electron chi connectivity index (χ0n) is 10.0. The Morgan fingerprint density at radius 1 is 1.33 bits per heavy atom. The van der Waals surface area contributed by atoms with E-state index in [0.717, 1.165) is 29.2 Å². The standard InChI is InChI=1S/C14H15FN2S/c15-11-5-3-4-10(8-11)13-9-18-14(17-13)12-6-1-2-7-16-12/h3-5,8-9,12,16H,1-2,6-7H2. The molecule has 94 valence electrons. The van der Waals surface area contributed by atoms with Crippen molar-refractivity contribution in [3.63, 3.8) is 0 Å². The van der Waals surface area contributed by atoms with E-state index in [1.165, 1.54) is 25.0 Å². The predicted octanol–water partition coefficient (Wildman–Crippen LogP) is 3.76. The molecule has 0 amide bonds. The van der Waals surface area contributed by atoms with Gasteiger partial charge in [0.05, 0.1) is 11.7 Å². The topological polar surface area (TPSA) is 24.9 Å². The molecule has 1 atom stereocenters. The van der Waals surface area contributed by atoms with Crippen LogP contribution in [0.4, 0.5) is 4.39 Å². The monoisotopic (exact) mass is 262 g/mol. The van der Waals surface area contributed by atoms with Gasteiger partial charge in [-0.2, -0.15) is 0 Å². The van der Waals surface area contributed by atoms with Crippen molar-refractivity contribution in [3.05, 3.63) is 40.5 Å². The van der Waals surface area contributed by atoms with E-state index in [-0.39, 0.29) is 5.82 Å². The summed E-state index contributed by atoms with van der Waals surface area (Å²) in [6.45, 7) is 1.07. The molecule has 2 heterocycles. The van der Waals surface area contributed by atoms with E-state index in [1.54, 1.807) is 17.4 Å². The van der Waals surface area contributed by atoms with Crippen molar-refractivity contribution in [1.29, 1.82) is 0 Å². The van der Waals surface area contributed by atoms with Crippen LogP contribution in [0, 0.1) is 5.82 Å². The summed E-state index contributed by atoms with van der Waals surface area (Å²) in [6.07, 6.45) is 3.65. The van der Waals surface area contributed by atoms with Crippen LogP contribution in [0.2, 0.25) is 0 Å². The lowest BCUT2D eigenvalue weighted by molar-refractivity contribution is 0.411. The Kier molecular flexibility index (Phi) is 3.39. The highest BCUT2D eigenvalue weighted by Crippen LogP contribution is 2.29. The van der Waals surface area contributed by atoms with E-state index in [1.807, 2.05) is 11.4 Å². The lowest BCUT2D eigenvalue weighted by Crippen LogP contribution is -2.26. The maximum absolute atomic E-state index is 13.2. The van der Waals surface area contributed by atoms with Gasteiger partial charge in [0, 0.05) is 10.9 Å². The summed E-state index contributed by atoms with van der Waals surface area (Å²) >= 11 is 1.66. The van der Waals surface area contributed by atoms with Gasteiger partial charge in [-0.25, -0.2) is 9.37 Å². The van der Waals surface area contributed by atoms with Crippen molar-refractivity contribution >= 4 is 11.3 Å². The third kappa shape index (κ3) is 2.44. The van der Waals surface area contributed by atoms with Crippen LogP contribution in [-0.4, -0.2) is 11.5 Å². The summed E-state index contributed by atoms with van der Waals surface area (Å²) in [6, 6.07) is 7.00. The molecular formula is C14H15FN2S. The second-order valence-corrected chi connectivity index (χ2v) is 5.47. The Morgan fingerprint density at radius 2 is 2.28 bits per heavy atom. The molecule has 4 heteroatoms. The number of benzene rings is 1. The first-order valence-corrected chi connectivity index (χ1v) is 7.15. The van der Waals surface area contributed by atoms with Crippen molar-refractivity contribution in [2.45, 2.75) is 25.3 Å². The van der Waals surface area contributed by atoms with Gasteiger partial charge >= 0.3 is 0 Å². The van der Waals surface area contributed by atoms with Crippen LogP contribution in [0.15, 0.2) is 29.6 Å². The Balaban J connectivity index is 1.84. The molecule has 0 saturated carbocycles. The predicted molar refractivity (Wildman–Crippen MR) is 72.1 cm³/mol. The molecule has 1 aliphatic rings. The van der Waals surface area contributed by atoms with Crippen LogP contribution in [0.1, 0.15) is 30.3 Å². The zero-order valence-corrected chi connectivity index (χ0v) is 10.8. The fraction of sp³-hybridized carbons (Fsp3) is 0.357. The molecule has 2 aromatic rings. The molecule has 0 spiro atoms. The zero-order chi connectivity index (χ0) is 12.4. The average Bonchev–Trinajstić information content (AvgIpc) is 2.89. The first-order chi connectivity index (χ1) is 8.83. The number of nitrogens with zero attached hydrogens (tertiary/aromatic N) is 1. The van der Waals surface area contributed by atoms with Gasteiger partial charge in [-0.15, -0.1) is 11.3 Å².